The van der Waals surface area contributed by atoms with E-state index in [1.54, 1.807) is 0 Å². The van der Waals surface area contributed by atoms with E-state index in [-0.39, 0.29) is 6.04 Å². The molecule has 0 aliphatic carbocycles. The molecule has 0 heterocycles. The van der Waals surface area contributed by atoms with Crippen molar-refractivity contribution < 1.29 is 4.74 Å². The summed E-state index contributed by atoms with van der Waals surface area (Å²) in [5.41, 5.74) is 8.30. The number of hydrogen-bond acceptors (Lipinski definition) is 3. The van der Waals surface area contributed by atoms with E-state index in [0.717, 1.165) is 29.2 Å². The Morgan fingerprint density at radius 1 is 1.10 bits per heavy atom. The average molecular weight is 270 g/mol. The Balaban J connectivity index is 2.28. The predicted octanol–water partition coefficient (Wildman–Crippen LogP) is 3.95. The third-order valence-electron chi connectivity index (χ3n) is 3.32. The van der Waals surface area contributed by atoms with Gasteiger partial charge >= 0.3 is 0 Å². The van der Waals surface area contributed by atoms with Crippen LogP contribution in [0.15, 0.2) is 48.5 Å². The Morgan fingerprint density at radius 2 is 1.85 bits per heavy atom. The summed E-state index contributed by atoms with van der Waals surface area (Å²) in [6, 6.07) is 16.0. The van der Waals surface area contributed by atoms with Crippen molar-refractivity contribution in [3.8, 4) is 11.5 Å². The van der Waals surface area contributed by atoms with Gasteiger partial charge in [-0.05, 0) is 24.6 Å². The van der Waals surface area contributed by atoms with E-state index in [1.165, 1.54) is 0 Å². The molecule has 3 heteroatoms. The first-order valence-electron chi connectivity index (χ1n) is 6.91. The van der Waals surface area contributed by atoms with E-state index >= 15 is 0 Å². The molecule has 0 fully saturated rings. The first-order valence-corrected chi connectivity index (χ1v) is 6.91. The maximum atomic E-state index is 6.14. The van der Waals surface area contributed by atoms with E-state index < -0.39 is 0 Å². The topological polar surface area (TPSA) is 38.5 Å². The second-order valence-corrected chi connectivity index (χ2v) is 5.05. The predicted molar refractivity (Wildman–Crippen MR) is 84.5 cm³/mol. The van der Waals surface area contributed by atoms with Gasteiger partial charge in [0.05, 0.1) is 0 Å². The minimum Gasteiger partial charge on any atom is -0.457 e. The van der Waals surface area contributed by atoms with Crippen molar-refractivity contribution in [2.75, 3.05) is 19.0 Å². The molecule has 0 saturated heterocycles. The molecule has 0 spiro atoms. The number of anilines is 1. The lowest BCUT2D eigenvalue weighted by Crippen LogP contribution is -2.10. The quantitative estimate of drug-likeness (QED) is 0.894. The highest BCUT2D eigenvalue weighted by Crippen LogP contribution is 2.31. The fraction of sp³-hybridized carbons (Fsp3) is 0.294. The fourth-order valence-corrected chi connectivity index (χ4v) is 2.05. The minimum absolute atomic E-state index is 0.00299. The highest BCUT2D eigenvalue weighted by Gasteiger charge is 2.10. The van der Waals surface area contributed by atoms with Crippen molar-refractivity contribution in [1.29, 1.82) is 0 Å². The zero-order valence-corrected chi connectivity index (χ0v) is 12.3. The van der Waals surface area contributed by atoms with E-state index in [2.05, 4.69) is 17.9 Å². The van der Waals surface area contributed by atoms with Gasteiger partial charge in [-0.15, -0.1) is 0 Å². The summed E-state index contributed by atoms with van der Waals surface area (Å²) in [6.45, 7) is 2.08. The fourth-order valence-electron chi connectivity index (χ4n) is 2.05. The number of para-hydroxylation sites is 1. The Morgan fingerprint density at radius 3 is 2.55 bits per heavy atom. The monoisotopic (exact) mass is 270 g/mol. The van der Waals surface area contributed by atoms with Crippen molar-refractivity contribution in [2.24, 2.45) is 5.73 Å². The van der Waals surface area contributed by atoms with Crippen LogP contribution < -0.4 is 15.4 Å². The van der Waals surface area contributed by atoms with E-state index in [4.69, 9.17) is 10.5 Å². The normalized spacial score (nSPS) is 12.0. The molecule has 0 radical (unpaired) electrons. The molecule has 0 saturated carbocycles. The second-order valence-electron chi connectivity index (χ2n) is 5.05. The molecule has 0 aromatic heterocycles. The standard InChI is InChI=1S/C17H22N2O/c1-4-16(18)15-10-5-6-11-17(15)20-14-9-7-8-13(12-14)19(2)3/h5-12,16H,4,18H2,1-3H3/t16-/m0/s1. The zero-order chi connectivity index (χ0) is 14.5. The first kappa shape index (κ1) is 14.4. The minimum atomic E-state index is 0.00299. The summed E-state index contributed by atoms with van der Waals surface area (Å²) in [7, 11) is 4.03. The van der Waals surface area contributed by atoms with Gasteiger partial charge in [0.25, 0.3) is 0 Å². The second kappa shape index (κ2) is 6.44. The van der Waals surface area contributed by atoms with Crippen LogP contribution in [0, 0.1) is 0 Å². The average Bonchev–Trinajstić information content (AvgIpc) is 2.47. The van der Waals surface area contributed by atoms with Crippen molar-refractivity contribution in [1.82, 2.24) is 0 Å². The Kier molecular flexibility index (Phi) is 4.64. The molecule has 2 N–H and O–H groups in total. The molecule has 20 heavy (non-hydrogen) atoms. The van der Waals surface area contributed by atoms with Crippen molar-refractivity contribution in [2.45, 2.75) is 19.4 Å². The smallest absolute Gasteiger partial charge is 0.132 e. The third kappa shape index (κ3) is 3.31. The SMILES string of the molecule is CC[C@H](N)c1ccccc1Oc1cccc(N(C)C)c1. The third-order valence-corrected chi connectivity index (χ3v) is 3.32. The van der Waals surface area contributed by atoms with Crippen molar-refractivity contribution in [3.05, 3.63) is 54.1 Å². The van der Waals surface area contributed by atoms with E-state index in [0.29, 0.717) is 0 Å². The van der Waals surface area contributed by atoms with Crippen LogP contribution in [0.4, 0.5) is 5.69 Å². The number of hydrogen-bond donors (Lipinski definition) is 1. The lowest BCUT2D eigenvalue weighted by Gasteiger charge is -2.17. The molecule has 0 amide bonds. The number of rotatable bonds is 5. The van der Waals surface area contributed by atoms with Crippen LogP contribution >= 0.6 is 0 Å². The molecule has 0 aliphatic heterocycles. The molecule has 3 nitrogen and oxygen atoms in total. The van der Waals surface area contributed by atoms with Gasteiger partial charge in [-0.25, -0.2) is 0 Å². The number of nitrogens with zero attached hydrogens (tertiary/aromatic N) is 1. The highest BCUT2D eigenvalue weighted by molar-refractivity contribution is 5.51. The summed E-state index contributed by atoms with van der Waals surface area (Å²) in [6.07, 6.45) is 0.887. The zero-order valence-electron chi connectivity index (χ0n) is 12.3. The molecule has 2 rings (SSSR count). The van der Waals surface area contributed by atoms with Crippen molar-refractivity contribution >= 4 is 5.69 Å². The summed E-state index contributed by atoms with van der Waals surface area (Å²) < 4.78 is 6.02. The van der Waals surface area contributed by atoms with Crippen LogP contribution in [0.3, 0.4) is 0 Å². The van der Waals surface area contributed by atoms with E-state index in [1.807, 2.05) is 56.6 Å². The van der Waals surface area contributed by atoms with Crippen LogP contribution in [0.2, 0.25) is 0 Å². The Bertz CT molecular complexity index is 566. The summed E-state index contributed by atoms with van der Waals surface area (Å²) in [4.78, 5) is 2.05. The van der Waals surface area contributed by atoms with Gasteiger partial charge in [0.2, 0.25) is 0 Å². The van der Waals surface area contributed by atoms with Gasteiger partial charge in [0.1, 0.15) is 11.5 Å². The molecular formula is C17H22N2O. The molecule has 0 bridgehead atoms. The highest BCUT2D eigenvalue weighted by atomic mass is 16.5. The molecule has 106 valence electrons. The number of ether oxygens (including phenoxy) is 1. The molecular weight excluding hydrogens is 248 g/mol. The van der Waals surface area contributed by atoms with Gasteiger partial charge in [-0.2, -0.15) is 0 Å². The molecule has 0 unspecified atom stereocenters. The summed E-state index contributed by atoms with van der Waals surface area (Å²) in [5.74, 6) is 1.66. The van der Waals surface area contributed by atoms with Gasteiger partial charge in [0.15, 0.2) is 0 Å². The maximum absolute atomic E-state index is 6.14. The lowest BCUT2D eigenvalue weighted by atomic mass is 10.0. The van der Waals surface area contributed by atoms with Gasteiger partial charge in [-0.1, -0.05) is 31.2 Å². The number of nitrogens with two attached hydrogens (primary N) is 1. The largest absolute Gasteiger partial charge is 0.457 e. The van der Waals surface area contributed by atoms with Crippen LogP contribution in [0.25, 0.3) is 0 Å². The van der Waals surface area contributed by atoms with E-state index in [9.17, 15) is 0 Å². The summed E-state index contributed by atoms with van der Waals surface area (Å²) >= 11 is 0. The first-order chi connectivity index (χ1) is 9.61. The molecule has 2 aromatic carbocycles. The molecule has 1 atom stereocenters. The van der Waals surface area contributed by atoms with Crippen LogP contribution in [-0.4, -0.2) is 14.1 Å². The van der Waals surface area contributed by atoms with Crippen LogP contribution in [0.5, 0.6) is 11.5 Å². The lowest BCUT2D eigenvalue weighted by molar-refractivity contribution is 0.469. The molecule has 0 aliphatic rings. The van der Waals surface area contributed by atoms with Crippen molar-refractivity contribution in [3.63, 3.8) is 0 Å². The maximum Gasteiger partial charge on any atom is 0.132 e. The Labute approximate surface area is 121 Å². The summed E-state index contributed by atoms with van der Waals surface area (Å²) in [5, 5.41) is 0. The van der Waals surface area contributed by atoms with Crippen LogP contribution in [-0.2, 0) is 0 Å². The van der Waals surface area contributed by atoms with Gasteiger partial charge in [-0.3, -0.25) is 0 Å². The van der Waals surface area contributed by atoms with Gasteiger partial charge < -0.3 is 15.4 Å². The number of benzene rings is 2. The van der Waals surface area contributed by atoms with Crippen LogP contribution in [0.1, 0.15) is 24.9 Å². The molecule has 2 aromatic rings. The Hall–Kier alpha value is -2.00. The van der Waals surface area contributed by atoms with Gasteiger partial charge in [0, 0.05) is 37.5 Å².